The van der Waals surface area contributed by atoms with Crippen LogP contribution in [-0.4, -0.2) is 4.98 Å². The second-order valence-corrected chi connectivity index (χ2v) is 16.3. The summed E-state index contributed by atoms with van der Waals surface area (Å²) in [5.74, 6) is 0. The molecule has 0 unspecified atom stereocenters. The SMILES string of the molecule is C1=Cc2c(c(-c3ccc4cccnc4c3)c3ccccc3c2-c2cccc3sc4cc(-c5c6ccccc6c(-c6ccccc6)c6ccccc56)ccc4c23)CC1. The van der Waals surface area contributed by atoms with E-state index < -0.39 is 0 Å². The molecule has 0 fully saturated rings. The largest absolute Gasteiger partial charge is 0.256 e. The Morgan fingerprint density at radius 2 is 1.07 bits per heavy atom. The number of hydrogen-bond donors (Lipinski definition) is 0. The summed E-state index contributed by atoms with van der Waals surface area (Å²) in [4.78, 5) is 4.74. The summed E-state index contributed by atoms with van der Waals surface area (Å²) in [6, 6.07) is 62.9. The fourth-order valence-corrected chi connectivity index (χ4v) is 10.9. The van der Waals surface area contributed by atoms with Gasteiger partial charge in [-0.1, -0.05) is 158 Å². The molecule has 9 aromatic carbocycles. The molecule has 1 aliphatic carbocycles. The zero-order valence-electron chi connectivity index (χ0n) is 31.2. The highest BCUT2D eigenvalue weighted by atomic mass is 32.1. The summed E-state index contributed by atoms with van der Waals surface area (Å²) in [5, 5.41) is 11.5. The van der Waals surface area contributed by atoms with Crippen molar-refractivity contribution in [1.29, 1.82) is 0 Å². The third-order valence-electron chi connectivity index (χ3n) is 12.2. The van der Waals surface area contributed by atoms with Gasteiger partial charge in [0, 0.05) is 31.8 Å². The second-order valence-electron chi connectivity index (χ2n) is 15.2. The van der Waals surface area contributed by atoms with E-state index >= 15 is 0 Å². The van der Waals surface area contributed by atoms with Gasteiger partial charge in [0.05, 0.1) is 5.52 Å². The van der Waals surface area contributed by atoms with Crippen LogP contribution >= 0.6 is 11.3 Å². The molecule has 0 spiro atoms. The van der Waals surface area contributed by atoms with Gasteiger partial charge in [0.15, 0.2) is 0 Å². The van der Waals surface area contributed by atoms with Crippen LogP contribution in [-0.2, 0) is 6.42 Å². The number of allylic oxidation sites excluding steroid dienone is 1. The lowest BCUT2D eigenvalue weighted by Gasteiger charge is -2.24. The highest BCUT2D eigenvalue weighted by molar-refractivity contribution is 7.26. The van der Waals surface area contributed by atoms with E-state index in [0.717, 1.165) is 18.4 Å². The van der Waals surface area contributed by atoms with Gasteiger partial charge in [0.1, 0.15) is 0 Å². The minimum Gasteiger partial charge on any atom is -0.256 e. The smallest absolute Gasteiger partial charge is 0.0708 e. The lowest BCUT2D eigenvalue weighted by atomic mass is 9.79. The minimum atomic E-state index is 1.01. The molecule has 11 aromatic rings. The zero-order chi connectivity index (χ0) is 37.5. The molecule has 2 heterocycles. The van der Waals surface area contributed by atoms with Crippen LogP contribution in [0.2, 0.25) is 0 Å². The number of benzene rings is 9. The zero-order valence-corrected chi connectivity index (χ0v) is 32.0. The van der Waals surface area contributed by atoms with Crippen molar-refractivity contribution in [3.8, 4) is 44.5 Å². The van der Waals surface area contributed by atoms with Crippen LogP contribution in [0.1, 0.15) is 17.5 Å². The van der Waals surface area contributed by atoms with Crippen molar-refractivity contribution >= 4 is 80.8 Å². The van der Waals surface area contributed by atoms with Crippen LogP contribution in [0.5, 0.6) is 0 Å². The summed E-state index contributed by atoms with van der Waals surface area (Å²) in [6.45, 7) is 0. The Balaban J connectivity index is 1.10. The number of fused-ring (bicyclic) bond motifs is 8. The molecule has 57 heavy (non-hydrogen) atoms. The average Bonchev–Trinajstić information content (AvgIpc) is 3.66. The molecule has 0 radical (unpaired) electrons. The van der Waals surface area contributed by atoms with E-state index in [9.17, 15) is 0 Å². The van der Waals surface area contributed by atoms with Gasteiger partial charge in [0.25, 0.3) is 0 Å². The third-order valence-corrected chi connectivity index (χ3v) is 13.3. The maximum atomic E-state index is 4.74. The first-order valence-electron chi connectivity index (χ1n) is 19.8. The van der Waals surface area contributed by atoms with Crippen LogP contribution in [0.4, 0.5) is 0 Å². The lowest BCUT2D eigenvalue weighted by molar-refractivity contribution is 0.991. The van der Waals surface area contributed by atoms with Crippen LogP contribution in [0.15, 0.2) is 182 Å². The molecule has 266 valence electrons. The molecule has 1 aliphatic rings. The number of thiophene rings is 1. The van der Waals surface area contributed by atoms with E-state index in [4.69, 9.17) is 4.98 Å². The normalized spacial score (nSPS) is 12.7. The highest BCUT2D eigenvalue weighted by Crippen LogP contribution is 2.50. The van der Waals surface area contributed by atoms with Crippen molar-refractivity contribution in [2.24, 2.45) is 0 Å². The van der Waals surface area contributed by atoms with Gasteiger partial charge >= 0.3 is 0 Å². The van der Waals surface area contributed by atoms with Crippen molar-refractivity contribution in [2.75, 3.05) is 0 Å². The molecule has 2 aromatic heterocycles. The molecule has 1 nitrogen and oxygen atoms in total. The Hall–Kier alpha value is -6.87. The molecule has 12 rings (SSSR count). The molecule has 0 bridgehead atoms. The quantitative estimate of drug-likeness (QED) is 0.164. The maximum Gasteiger partial charge on any atom is 0.0708 e. The Morgan fingerprint density at radius 3 is 1.81 bits per heavy atom. The standard InChI is InChI=1S/C55H35NS/c1-2-14-35(15-3-1)51-38-17-4-6-19-40(38)53(41-20-7-5-18-39(41)51)37-29-30-46-50(33-37)57-49-26-12-25-47(55(46)49)54-44-23-10-8-21-42(44)52(43-22-9-11-24-45(43)54)36-28-27-34-16-13-31-56-48(34)32-36/h1-8,10-21,23-33H,9,22H2. The second kappa shape index (κ2) is 12.8. The predicted molar refractivity (Wildman–Crippen MR) is 246 cm³/mol. The van der Waals surface area contributed by atoms with Crippen LogP contribution in [0.3, 0.4) is 0 Å². The van der Waals surface area contributed by atoms with Gasteiger partial charge < -0.3 is 0 Å². The van der Waals surface area contributed by atoms with E-state index in [1.54, 1.807) is 0 Å². The van der Waals surface area contributed by atoms with Gasteiger partial charge in [-0.15, -0.1) is 11.3 Å². The fraction of sp³-hybridized carbons (Fsp3) is 0.0364. The Labute approximate surface area is 334 Å². The van der Waals surface area contributed by atoms with Crippen molar-refractivity contribution in [2.45, 2.75) is 12.8 Å². The van der Waals surface area contributed by atoms with E-state index in [-0.39, 0.29) is 0 Å². The number of pyridine rings is 1. The maximum absolute atomic E-state index is 4.74. The molecule has 0 saturated heterocycles. The fourth-order valence-electron chi connectivity index (χ4n) is 9.77. The summed E-state index contributed by atoms with van der Waals surface area (Å²) >= 11 is 1.91. The van der Waals surface area contributed by atoms with Gasteiger partial charge in [0.2, 0.25) is 0 Å². The minimum absolute atomic E-state index is 1.01. The van der Waals surface area contributed by atoms with E-state index in [0.29, 0.717) is 0 Å². The summed E-state index contributed by atoms with van der Waals surface area (Å²) < 4.78 is 2.63. The van der Waals surface area contributed by atoms with E-state index in [1.165, 1.54) is 114 Å². The van der Waals surface area contributed by atoms with E-state index in [1.807, 2.05) is 23.6 Å². The number of aromatic nitrogens is 1. The van der Waals surface area contributed by atoms with Crippen molar-refractivity contribution in [3.05, 3.63) is 193 Å². The van der Waals surface area contributed by atoms with Crippen molar-refractivity contribution < 1.29 is 0 Å². The molecule has 0 aliphatic heterocycles. The Kier molecular flexibility index (Phi) is 7.30. The lowest BCUT2D eigenvalue weighted by Crippen LogP contribution is -2.02. The van der Waals surface area contributed by atoms with Gasteiger partial charge in [-0.25, -0.2) is 0 Å². The van der Waals surface area contributed by atoms with Crippen molar-refractivity contribution in [1.82, 2.24) is 4.98 Å². The first-order chi connectivity index (χ1) is 28.3. The Morgan fingerprint density at radius 1 is 0.439 bits per heavy atom. The molecule has 0 N–H and O–H groups in total. The predicted octanol–water partition coefficient (Wildman–Crippen LogP) is 15.7. The monoisotopic (exact) mass is 741 g/mol. The first kappa shape index (κ1) is 32.4. The van der Waals surface area contributed by atoms with Crippen LogP contribution in [0, 0.1) is 0 Å². The molecule has 0 amide bonds. The summed E-state index contributed by atoms with van der Waals surface area (Å²) in [5.41, 5.74) is 14.1. The highest BCUT2D eigenvalue weighted by Gasteiger charge is 2.24. The number of rotatable bonds is 4. The Bertz CT molecular complexity index is 3400. The topological polar surface area (TPSA) is 12.9 Å². The summed E-state index contributed by atoms with van der Waals surface area (Å²) in [7, 11) is 0. The van der Waals surface area contributed by atoms with Gasteiger partial charge in [-0.2, -0.15) is 0 Å². The molecular weight excluding hydrogens is 707 g/mol. The molecular formula is C55H35NS. The third kappa shape index (κ3) is 4.97. The number of nitrogens with zero attached hydrogens (tertiary/aromatic N) is 1. The summed E-state index contributed by atoms with van der Waals surface area (Å²) in [6.07, 6.45) is 8.69. The van der Waals surface area contributed by atoms with Gasteiger partial charge in [-0.3, -0.25) is 4.98 Å². The molecule has 2 heteroatoms. The van der Waals surface area contributed by atoms with Crippen LogP contribution in [0.25, 0.3) is 114 Å². The number of hydrogen-bond acceptors (Lipinski definition) is 2. The van der Waals surface area contributed by atoms with E-state index in [2.05, 4.69) is 176 Å². The van der Waals surface area contributed by atoms with Crippen molar-refractivity contribution in [3.63, 3.8) is 0 Å². The molecule has 0 atom stereocenters. The van der Waals surface area contributed by atoms with Crippen LogP contribution < -0.4 is 0 Å². The van der Waals surface area contributed by atoms with Gasteiger partial charge in [-0.05, 0) is 125 Å². The average molecular weight is 742 g/mol. The first-order valence-corrected chi connectivity index (χ1v) is 20.7. The molecule has 0 saturated carbocycles.